The summed E-state index contributed by atoms with van der Waals surface area (Å²) in [6, 6.07) is 18.5. The van der Waals surface area contributed by atoms with E-state index in [0.29, 0.717) is 35.2 Å². The summed E-state index contributed by atoms with van der Waals surface area (Å²) >= 11 is 0. The number of fused-ring (bicyclic) bond motifs is 1. The third-order valence-corrected chi connectivity index (χ3v) is 4.56. The van der Waals surface area contributed by atoms with E-state index in [1.807, 2.05) is 54.6 Å². The van der Waals surface area contributed by atoms with E-state index in [0.717, 1.165) is 11.3 Å². The van der Waals surface area contributed by atoms with Crippen molar-refractivity contribution in [2.75, 3.05) is 10.6 Å². The Labute approximate surface area is 192 Å². The SMILES string of the molecule is O=C(C=CC(F)(F)F)Nc1cc2c(Nc3ccc(OCc4ccccc4)cc3)ncnc2cn1. The monoisotopic (exact) mass is 465 g/mol. The number of alkyl halides is 3. The molecular weight excluding hydrogens is 447 g/mol. The van der Waals surface area contributed by atoms with E-state index in [1.54, 1.807) is 0 Å². The number of allylic oxidation sites excluding steroid dienone is 1. The van der Waals surface area contributed by atoms with E-state index in [2.05, 4.69) is 25.6 Å². The first-order valence-electron chi connectivity index (χ1n) is 10.1. The summed E-state index contributed by atoms with van der Waals surface area (Å²) < 4.78 is 42.5. The molecule has 34 heavy (non-hydrogen) atoms. The van der Waals surface area contributed by atoms with Crippen LogP contribution in [0.15, 0.2) is 85.3 Å². The highest BCUT2D eigenvalue weighted by atomic mass is 19.4. The van der Waals surface area contributed by atoms with Gasteiger partial charge in [-0.15, -0.1) is 0 Å². The second-order valence-corrected chi connectivity index (χ2v) is 7.10. The van der Waals surface area contributed by atoms with E-state index in [1.165, 1.54) is 18.6 Å². The first kappa shape index (κ1) is 22.7. The molecule has 0 saturated heterocycles. The van der Waals surface area contributed by atoms with Gasteiger partial charge < -0.3 is 15.4 Å². The Morgan fingerprint density at radius 2 is 1.76 bits per heavy atom. The number of anilines is 3. The number of carbonyl (C=O) groups is 1. The van der Waals surface area contributed by atoms with Crippen molar-refractivity contribution in [2.24, 2.45) is 0 Å². The van der Waals surface area contributed by atoms with Crippen LogP contribution in [-0.4, -0.2) is 27.0 Å². The summed E-state index contributed by atoms with van der Waals surface area (Å²) in [5.74, 6) is 0.239. The summed E-state index contributed by atoms with van der Waals surface area (Å²) in [7, 11) is 0. The van der Waals surface area contributed by atoms with Crippen LogP contribution < -0.4 is 15.4 Å². The largest absolute Gasteiger partial charge is 0.489 e. The topological polar surface area (TPSA) is 89.0 Å². The molecule has 0 atom stereocenters. The Hall–Kier alpha value is -4.47. The summed E-state index contributed by atoms with van der Waals surface area (Å²) in [6.07, 6.45) is -1.58. The maximum Gasteiger partial charge on any atom is 0.409 e. The average molecular weight is 465 g/mol. The summed E-state index contributed by atoms with van der Waals surface area (Å²) in [5, 5.41) is 5.98. The van der Waals surface area contributed by atoms with Gasteiger partial charge in [-0.2, -0.15) is 13.2 Å². The number of hydrogen-bond acceptors (Lipinski definition) is 6. The van der Waals surface area contributed by atoms with Crippen LogP contribution in [0.25, 0.3) is 10.9 Å². The molecule has 4 aromatic rings. The van der Waals surface area contributed by atoms with Crippen molar-refractivity contribution in [3.63, 3.8) is 0 Å². The molecule has 10 heteroatoms. The van der Waals surface area contributed by atoms with Gasteiger partial charge >= 0.3 is 6.18 Å². The maximum atomic E-state index is 12.3. The van der Waals surface area contributed by atoms with Gasteiger partial charge in [-0.05, 0) is 35.9 Å². The Morgan fingerprint density at radius 1 is 1.00 bits per heavy atom. The number of benzene rings is 2. The highest BCUT2D eigenvalue weighted by molar-refractivity contribution is 6.00. The van der Waals surface area contributed by atoms with Crippen molar-refractivity contribution in [1.29, 1.82) is 0 Å². The van der Waals surface area contributed by atoms with Crippen LogP contribution in [0.2, 0.25) is 0 Å². The number of rotatable bonds is 7. The predicted molar refractivity (Wildman–Crippen MR) is 122 cm³/mol. The molecule has 2 aromatic heterocycles. The smallest absolute Gasteiger partial charge is 0.409 e. The lowest BCUT2D eigenvalue weighted by atomic mass is 10.2. The molecule has 0 aliphatic heterocycles. The van der Waals surface area contributed by atoms with Crippen LogP contribution in [0, 0.1) is 0 Å². The number of aromatic nitrogens is 3. The standard InChI is InChI=1S/C24H18F3N5O2/c25-24(26,27)11-10-22(33)32-21-12-19-20(13-28-21)29-15-30-23(19)31-17-6-8-18(9-7-17)34-14-16-4-2-1-3-5-16/h1-13,15H,14H2,(H,28,32,33)(H,29,30,31). The number of halogens is 3. The zero-order chi connectivity index (χ0) is 24.0. The lowest BCUT2D eigenvalue weighted by molar-refractivity contribution is -0.112. The molecule has 0 radical (unpaired) electrons. The first-order chi connectivity index (χ1) is 16.4. The van der Waals surface area contributed by atoms with Gasteiger partial charge in [0, 0.05) is 23.2 Å². The Bertz CT molecular complexity index is 1310. The summed E-state index contributed by atoms with van der Waals surface area (Å²) in [5.41, 5.74) is 2.27. The zero-order valence-corrected chi connectivity index (χ0v) is 17.6. The molecule has 2 N–H and O–H groups in total. The van der Waals surface area contributed by atoms with Gasteiger partial charge in [0.25, 0.3) is 0 Å². The maximum absolute atomic E-state index is 12.3. The van der Waals surface area contributed by atoms with Crippen LogP contribution in [0.4, 0.5) is 30.5 Å². The van der Waals surface area contributed by atoms with Gasteiger partial charge in [0.1, 0.15) is 30.3 Å². The molecule has 4 rings (SSSR count). The fourth-order valence-corrected chi connectivity index (χ4v) is 2.98. The second kappa shape index (κ2) is 9.99. The number of amides is 1. The molecule has 0 aliphatic rings. The lowest BCUT2D eigenvalue weighted by Gasteiger charge is -2.11. The van der Waals surface area contributed by atoms with Crippen molar-refractivity contribution >= 4 is 34.1 Å². The number of carbonyl (C=O) groups excluding carboxylic acids is 1. The summed E-state index contributed by atoms with van der Waals surface area (Å²) in [6.45, 7) is 0.448. The molecule has 172 valence electrons. The average Bonchev–Trinajstić information content (AvgIpc) is 2.83. The van der Waals surface area contributed by atoms with Crippen LogP contribution in [0.3, 0.4) is 0 Å². The number of nitrogens with zero attached hydrogens (tertiary/aromatic N) is 3. The van der Waals surface area contributed by atoms with Crippen molar-refractivity contribution in [3.8, 4) is 5.75 Å². The van der Waals surface area contributed by atoms with E-state index in [4.69, 9.17) is 4.74 Å². The number of pyridine rings is 1. The van der Waals surface area contributed by atoms with Gasteiger partial charge in [0.2, 0.25) is 5.91 Å². The van der Waals surface area contributed by atoms with Crippen LogP contribution in [0.1, 0.15) is 5.56 Å². The highest BCUT2D eigenvalue weighted by Crippen LogP contribution is 2.26. The normalized spacial score (nSPS) is 11.5. The fraction of sp³-hybridized carbons (Fsp3) is 0.0833. The van der Waals surface area contributed by atoms with Gasteiger partial charge in [-0.1, -0.05) is 30.3 Å². The van der Waals surface area contributed by atoms with Gasteiger partial charge in [0.05, 0.1) is 11.7 Å². The molecule has 0 spiro atoms. The molecule has 2 heterocycles. The van der Waals surface area contributed by atoms with Crippen LogP contribution in [0.5, 0.6) is 5.75 Å². The molecule has 0 aliphatic carbocycles. The van der Waals surface area contributed by atoms with E-state index < -0.39 is 12.1 Å². The third-order valence-electron chi connectivity index (χ3n) is 4.56. The van der Waals surface area contributed by atoms with Crippen LogP contribution >= 0.6 is 0 Å². The van der Waals surface area contributed by atoms with Gasteiger partial charge in [-0.25, -0.2) is 15.0 Å². The molecule has 0 saturated carbocycles. The molecular formula is C24H18F3N5O2. The van der Waals surface area contributed by atoms with E-state index in [9.17, 15) is 18.0 Å². The fourth-order valence-electron chi connectivity index (χ4n) is 2.98. The Kier molecular flexibility index (Phi) is 6.67. The van der Waals surface area contributed by atoms with Crippen LogP contribution in [-0.2, 0) is 11.4 Å². The second-order valence-electron chi connectivity index (χ2n) is 7.10. The van der Waals surface area contributed by atoms with Crippen molar-refractivity contribution in [1.82, 2.24) is 15.0 Å². The molecule has 1 amide bonds. The molecule has 0 bridgehead atoms. The summed E-state index contributed by atoms with van der Waals surface area (Å²) in [4.78, 5) is 24.1. The minimum absolute atomic E-state index is 0.0619. The quantitative estimate of drug-likeness (QED) is 0.355. The Morgan fingerprint density at radius 3 is 2.50 bits per heavy atom. The van der Waals surface area contributed by atoms with Crippen molar-refractivity contribution in [2.45, 2.75) is 12.8 Å². The molecule has 0 fully saturated rings. The molecule has 0 unspecified atom stereocenters. The Balaban J connectivity index is 1.46. The minimum Gasteiger partial charge on any atom is -0.489 e. The third kappa shape index (κ3) is 6.28. The van der Waals surface area contributed by atoms with Gasteiger partial charge in [0.15, 0.2) is 0 Å². The predicted octanol–water partition coefficient (Wildman–Crippen LogP) is 5.40. The molecule has 7 nitrogen and oxygen atoms in total. The first-order valence-corrected chi connectivity index (χ1v) is 10.1. The van der Waals surface area contributed by atoms with Crippen molar-refractivity contribution in [3.05, 3.63) is 90.9 Å². The lowest BCUT2D eigenvalue weighted by Crippen LogP contribution is -2.11. The number of nitrogens with one attached hydrogen (secondary N) is 2. The highest BCUT2D eigenvalue weighted by Gasteiger charge is 2.22. The van der Waals surface area contributed by atoms with E-state index in [-0.39, 0.29) is 11.9 Å². The number of hydrogen-bond donors (Lipinski definition) is 2. The zero-order valence-electron chi connectivity index (χ0n) is 17.6. The molecule has 2 aromatic carbocycles. The van der Waals surface area contributed by atoms with E-state index >= 15 is 0 Å². The van der Waals surface area contributed by atoms with Crippen molar-refractivity contribution < 1.29 is 22.7 Å². The minimum atomic E-state index is -4.58. The number of ether oxygens (including phenoxy) is 1. The van der Waals surface area contributed by atoms with Gasteiger partial charge in [-0.3, -0.25) is 4.79 Å².